The molecule has 2 rings (SSSR count). The molecule has 1 aromatic carbocycles. The first-order valence-corrected chi connectivity index (χ1v) is 6.46. The van der Waals surface area contributed by atoms with Crippen molar-refractivity contribution in [1.29, 1.82) is 0 Å². The lowest BCUT2D eigenvalue weighted by Crippen LogP contribution is -2.38. The molecule has 1 aliphatic rings. The minimum absolute atomic E-state index is 0.0879. The van der Waals surface area contributed by atoms with Crippen LogP contribution in [0.2, 0.25) is 0 Å². The van der Waals surface area contributed by atoms with E-state index in [0.29, 0.717) is 24.7 Å². The van der Waals surface area contributed by atoms with Crippen LogP contribution in [0, 0.1) is 11.7 Å². The Kier molecular flexibility index (Phi) is 3.84. The number of hydrogen-bond acceptors (Lipinski definition) is 2. The Bertz CT molecular complexity index is 439. The monoisotopic (exact) mass is 250 g/mol. The number of halogens is 1. The number of nitrogens with zero attached hydrogens (tertiary/aromatic N) is 1. The zero-order valence-electron chi connectivity index (χ0n) is 10.7. The third-order valence-corrected chi connectivity index (χ3v) is 3.70. The van der Waals surface area contributed by atoms with Gasteiger partial charge in [-0.25, -0.2) is 4.39 Å². The van der Waals surface area contributed by atoms with Crippen LogP contribution >= 0.6 is 0 Å². The van der Waals surface area contributed by atoms with Crippen molar-refractivity contribution in [1.82, 2.24) is 4.90 Å². The average Bonchev–Trinajstić information content (AvgIpc) is 2.41. The largest absolute Gasteiger partial charge is 0.399 e. The van der Waals surface area contributed by atoms with Gasteiger partial charge in [-0.15, -0.1) is 0 Å². The van der Waals surface area contributed by atoms with Gasteiger partial charge < -0.3 is 10.6 Å². The Labute approximate surface area is 107 Å². The van der Waals surface area contributed by atoms with E-state index in [9.17, 15) is 9.18 Å². The summed E-state index contributed by atoms with van der Waals surface area (Å²) in [6, 6.07) is 4.14. The van der Waals surface area contributed by atoms with Crippen molar-refractivity contribution in [2.24, 2.45) is 5.92 Å². The molecule has 0 atom stereocenters. The van der Waals surface area contributed by atoms with Crippen LogP contribution in [0.3, 0.4) is 0 Å². The van der Waals surface area contributed by atoms with Crippen molar-refractivity contribution in [2.45, 2.75) is 26.2 Å². The average molecular weight is 250 g/mol. The first-order valence-electron chi connectivity index (χ1n) is 6.46. The van der Waals surface area contributed by atoms with Crippen LogP contribution in [0.4, 0.5) is 10.1 Å². The summed E-state index contributed by atoms with van der Waals surface area (Å²) in [5, 5.41) is 0. The molecular formula is C14H19FN2O. The minimum atomic E-state index is -0.494. The van der Waals surface area contributed by atoms with Crippen molar-refractivity contribution in [2.75, 3.05) is 18.8 Å². The molecule has 0 aromatic heterocycles. The van der Waals surface area contributed by atoms with Crippen LogP contribution in [0.1, 0.15) is 36.5 Å². The van der Waals surface area contributed by atoms with Crippen molar-refractivity contribution in [3.05, 3.63) is 29.6 Å². The van der Waals surface area contributed by atoms with Crippen LogP contribution in [0.5, 0.6) is 0 Å². The lowest BCUT2D eigenvalue weighted by Gasteiger charge is -2.31. The van der Waals surface area contributed by atoms with Crippen LogP contribution in [0.25, 0.3) is 0 Å². The highest BCUT2D eigenvalue weighted by molar-refractivity contribution is 5.95. The number of rotatable bonds is 2. The number of hydrogen-bond donors (Lipinski definition) is 1. The van der Waals surface area contributed by atoms with Crippen molar-refractivity contribution < 1.29 is 9.18 Å². The van der Waals surface area contributed by atoms with E-state index in [1.54, 1.807) is 4.90 Å². The topological polar surface area (TPSA) is 46.3 Å². The molecule has 1 heterocycles. The van der Waals surface area contributed by atoms with Crippen LogP contribution in [0.15, 0.2) is 18.2 Å². The quantitative estimate of drug-likeness (QED) is 0.820. The fraction of sp³-hybridized carbons (Fsp3) is 0.500. The van der Waals surface area contributed by atoms with E-state index in [4.69, 9.17) is 5.73 Å². The molecule has 1 aliphatic heterocycles. The summed E-state index contributed by atoms with van der Waals surface area (Å²) in [7, 11) is 0. The zero-order chi connectivity index (χ0) is 13.1. The van der Waals surface area contributed by atoms with E-state index in [2.05, 4.69) is 6.92 Å². The molecule has 0 aliphatic carbocycles. The second-order valence-corrected chi connectivity index (χ2v) is 4.88. The second kappa shape index (κ2) is 5.38. The first kappa shape index (κ1) is 12.9. The Hall–Kier alpha value is -1.58. The van der Waals surface area contributed by atoms with E-state index >= 15 is 0 Å². The van der Waals surface area contributed by atoms with E-state index in [-0.39, 0.29) is 11.5 Å². The highest BCUT2D eigenvalue weighted by Crippen LogP contribution is 2.22. The molecule has 0 unspecified atom stereocenters. The number of carbonyl (C=O) groups excluding carboxylic acids is 1. The number of carbonyl (C=O) groups is 1. The van der Waals surface area contributed by atoms with Gasteiger partial charge in [0.05, 0.1) is 5.56 Å². The Morgan fingerprint density at radius 3 is 2.72 bits per heavy atom. The highest BCUT2D eigenvalue weighted by atomic mass is 19.1. The van der Waals surface area contributed by atoms with E-state index < -0.39 is 5.82 Å². The van der Waals surface area contributed by atoms with Gasteiger partial charge in [0.15, 0.2) is 0 Å². The molecule has 0 radical (unpaired) electrons. The minimum Gasteiger partial charge on any atom is -0.399 e. The zero-order valence-corrected chi connectivity index (χ0v) is 10.7. The van der Waals surface area contributed by atoms with Crippen LogP contribution < -0.4 is 5.73 Å². The molecule has 1 fully saturated rings. The third-order valence-electron chi connectivity index (χ3n) is 3.70. The lowest BCUT2D eigenvalue weighted by atomic mass is 9.94. The van der Waals surface area contributed by atoms with Crippen LogP contribution in [-0.2, 0) is 0 Å². The number of nitrogens with two attached hydrogens (primary N) is 1. The van der Waals surface area contributed by atoms with Gasteiger partial charge >= 0.3 is 0 Å². The normalized spacial score (nSPS) is 16.9. The number of anilines is 1. The van der Waals surface area contributed by atoms with Gasteiger partial charge in [0.2, 0.25) is 0 Å². The molecule has 3 nitrogen and oxygen atoms in total. The summed E-state index contributed by atoms with van der Waals surface area (Å²) < 4.78 is 13.6. The predicted molar refractivity (Wildman–Crippen MR) is 69.7 cm³/mol. The van der Waals surface area contributed by atoms with Gasteiger partial charge in [-0.1, -0.05) is 13.3 Å². The highest BCUT2D eigenvalue weighted by Gasteiger charge is 2.24. The number of nitrogen functional groups attached to an aromatic ring is 1. The summed E-state index contributed by atoms with van der Waals surface area (Å²) in [5.74, 6) is -0.0408. The SMILES string of the molecule is CCC1CCN(C(=O)c2cc(N)ccc2F)CC1. The van der Waals surface area contributed by atoms with E-state index in [0.717, 1.165) is 19.3 Å². The van der Waals surface area contributed by atoms with Crippen LogP contribution in [-0.4, -0.2) is 23.9 Å². The molecule has 0 bridgehead atoms. The van der Waals surface area contributed by atoms with Gasteiger partial charge in [0.25, 0.3) is 5.91 Å². The molecular weight excluding hydrogens is 231 g/mol. The molecule has 0 saturated carbocycles. The molecule has 1 aromatic rings. The summed E-state index contributed by atoms with van der Waals surface area (Å²) in [6.45, 7) is 3.59. The number of piperidine rings is 1. The standard InChI is InChI=1S/C14H19FN2O/c1-2-10-5-7-17(8-6-10)14(18)12-9-11(16)3-4-13(12)15/h3-4,9-10H,2,5-8,16H2,1H3. The summed E-state index contributed by atoms with van der Waals surface area (Å²) in [4.78, 5) is 13.9. The van der Waals surface area contributed by atoms with E-state index in [1.807, 2.05) is 0 Å². The first-order chi connectivity index (χ1) is 8.61. The van der Waals surface area contributed by atoms with Crippen molar-refractivity contribution >= 4 is 11.6 Å². The maximum atomic E-state index is 13.6. The maximum absolute atomic E-state index is 13.6. The Morgan fingerprint density at radius 1 is 1.44 bits per heavy atom. The van der Waals surface area contributed by atoms with Crippen molar-refractivity contribution in [3.63, 3.8) is 0 Å². The molecule has 98 valence electrons. The second-order valence-electron chi connectivity index (χ2n) is 4.88. The van der Waals surface area contributed by atoms with Crippen molar-refractivity contribution in [3.8, 4) is 0 Å². The molecule has 18 heavy (non-hydrogen) atoms. The van der Waals surface area contributed by atoms with Gasteiger partial charge in [-0.05, 0) is 37.0 Å². The molecule has 1 saturated heterocycles. The molecule has 1 amide bonds. The van der Waals surface area contributed by atoms with Gasteiger partial charge in [0.1, 0.15) is 5.82 Å². The molecule has 2 N–H and O–H groups in total. The lowest BCUT2D eigenvalue weighted by molar-refractivity contribution is 0.0684. The summed E-state index contributed by atoms with van der Waals surface area (Å²) in [6.07, 6.45) is 3.16. The predicted octanol–water partition coefficient (Wildman–Crippen LogP) is 2.67. The number of benzene rings is 1. The molecule has 0 spiro atoms. The fourth-order valence-electron chi connectivity index (χ4n) is 2.42. The maximum Gasteiger partial charge on any atom is 0.256 e. The fourth-order valence-corrected chi connectivity index (χ4v) is 2.42. The van der Waals surface area contributed by atoms with Gasteiger partial charge in [-0.2, -0.15) is 0 Å². The van der Waals surface area contributed by atoms with E-state index in [1.165, 1.54) is 18.2 Å². The molecule has 4 heteroatoms. The Morgan fingerprint density at radius 2 is 2.11 bits per heavy atom. The Balaban J connectivity index is 2.10. The van der Waals surface area contributed by atoms with Gasteiger partial charge in [-0.3, -0.25) is 4.79 Å². The number of amides is 1. The number of likely N-dealkylation sites (tertiary alicyclic amines) is 1. The smallest absolute Gasteiger partial charge is 0.256 e. The summed E-state index contributed by atoms with van der Waals surface area (Å²) >= 11 is 0. The summed E-state index contributed by atoms with van der Waals surface area (Å²) in [5.41, 5.74) is 6.11. The van der Waals surface area contributed by atoms with Gasteiger partial charge in [0, 0.05) is 18.8 Å². The third kappa shape index (κ3) is 2.63.